The van der Waals surface area contributed by atoms with Crippen LogP contribution in [0.2, 0.25) is 0 Å². The molecule has 10 heteroatoms. The highest BCUT2D eigenvalue weighted by Gasteiger charge is 2.24. The number of benzene rings is 3. The zero-order valence-electron chi connectivity index (χ0n) is 21.2. The van der Waals surface area contributed by atoms with Crippen molar-refractivity contribution in [2.75, 3.05) is 5.32 Å². The van der Waals surface area contributed by atoms with E-state index in [1.165, 1.54) is 12.1 Å². The Morgan fingerprint density at radius 1 is 0.923 bits per heavy atom. The van der Waals surface area contributed by atoms with Gasteiger partial charge in [-0.1, -0.05) is 54.1 Å². The maximum Gasteiger partial charge on any atom is 0.319 e. The van der Waals surface area contributed by atoms with Gasteiger partial charge in [0.05, 0.1) is 17.4 Å². The number of carbonyl (C=O) groups is 2. The molecule has 1 unspecified atom stereocenters. The molecule has 4 rings (SSSR count). The second-order valence-corrected chi connectivity index (χ2v) is 10.7. The van der Waals surface area contributed by atoms with E-state index in [9.17, 15) is 23.1 Å². The van der Waals surface area contributed by atoms with Crippen LogP contribution in [0.25, 0.3) is 11.1 Å². The van der Waals surface area contributed by atoms with Gasteiger partial charge in [-0.05, 0) is 65.6 Å². The number of aliphatic carboxylic acids is 1. The number of aromatic nitrogens is 1. The van der Waals surface area contributed by atoms with Gasteiger partial charge in [0.2, 0.25) is 10.0 Å². The predicted octanol–water partition coefficient (Wildman–Crippen LogP) is 4.87. The summed E-state index contributed by atoms with van der Waals surface area (Å²) < 4.78 is 28.5. The third-order valence-corrected chi connectivity index (χ3v) is 7.41. The number of carbonyl (C=O) groups excluding carboxylic acids is 1. The molecule has 0 aliphatic carbocycles. The molecular weight excluding hydrogens is 516 g/mol. The normalized spacial score (nSPS) is 11.9. The van der Waals surface area contributed by atoms with Crippen molar-refractivity contribution in [3.63, 3.8) is 0 Å². The van der Waals surface area contributed by atoms with Gasteiger partial charge in [-0.25, -0.2) is 17.9 Å². The molecule has 0 saturated heterocycles. The van der Waals surface area contributed by atoms with Gasteiger partial charge in [-0.15, -0.1) is 0 Å². The highest BCUT2D eigenvalue weighted by atomic mass is 32.2. The molecule has 200 valence electrons. The van der Waals surface area contributed by atoms with Gasteiger partial charge in [0.25, 0.3) is 0 Å². The van der Waals surface area contributed by atoms with E-state index < -0.39 is 28.5 Å². The molecule has 0 fully saturated rings. The van der Waals surface area contributed by atoms with E-state index in [1.807, 2.05) is 25.1 Å². The second kappa shape index (κ2) is 12.3. The van der Waals surface area contributed by atoms with Gasteiger partial charge >= 0.3 is 12.0 Å². The summed E-state index contributed by atoms with van der Waals surface area (Å²) in [6.07, 6.45) is 2.90. The fourth-order valence-electron chi connectivity index (χ4n) is 3.95. The summed E-state index contributed by atoms with van der Waals surface area (Å²) in [6.45, 7) is 2.17. The SMILES string of the molecule is Cc1ccc(S(=O)(=O)NC(CC(=O)O)c2cccc(-c3cccc(NC(=O)NCc4cccnc4)c3)c2)cc1. The summed E-state index contributed by atoms with van der Waals surface area (Å²) in [5, 5.41) is 15.1. The first-order valence-corrected chi connectivity index (χ1v) is 13.6. The Morgan fingerprint density at radius 3 is 2.33 bits per heavy atom. The van der Waals surface area contributed by atoms with Crippen LogP contribution < -0.4 is 15.4 Å². The van der Waals surface area contributed by atoms with Crippen molar-refractivity contribution in [1.29, 1.82) is 0 Å². The van der Waals surface area contributed by atoms with Crippen LogP contribution in [0.1, 0.15) is 29.2 Å². The number of urea groups is 1. The van der Waals surface area contributed by atoms with Crippen LogP contribution in [0.3, 0.4) is 0 Å². The zero-order valence-corrected chi connectivity index (χ0v) is 22.0. The molecule has 9 nitrogen and oxygen atoms in total. The Labute approximate surface area is 227 Å². The number of pyridine rings is 1. The molecule has 0 bridgehead atoms. The van der Waals surface area contributed by atoms with Crippen LogP contribution in [0.4, 0.5) is 10.5 Å². The fourth-order valence-corrected chi connectivity index (χ4v) is 5.17. The van der Waals surface area contributed by atoms with Crippen molar-refractivity contribution in [1.82, 2.24) is 15.0 Å². The van der Waals surface area contributed by atoms with Crippen molar-refractivity contribution in [2.45, 2.75) is 30.8 Å². The van der Waals surface area contributed by atoms with E-state index in [4.69, 9.17) is 0 Å². The van der Waals surface area contributed by atoms with Gasteiger partial charge in [0.1, 0.15) is 0 Å². The third kappa shape index (κ3) is 7.73. The quantitative estimate of drug-likeness (QED) is 0.225. The monoisotopic (exact) mass is 544 g/mol. The van der Waals surface area contributed by atoms with E-state index in [2.05, 4.69) is 20.3 Å². The minimum absolute atomic E-state index is 0.0558. The summed E-state index contributed by atoms with van der Waals surface area (Å²) in [6, 6.07) is 22.8. The fraction of sp³-hybridized carbons (Fsp3) is 0.138. The smallest absolute Gasteiger partial charge is 0.319 e. The number of carboxylic acid groups (broad SMARTS) is 1. The Hall–Kier alpha value is -4.54. The van der Waals surface area contributed by atoms with E-state index in [0.717, 1.165) is 22.3 Å². The minimum atomic E-state index is -3.97. The molecule has 0 aliphatic heterocycles. The molecule has 0 saturated carbocycles. The third-order valence-electron chi connectivity index (χ3n) is 5.93. The summed E-state index contributed by atoms with van der Waals surface area (Å²) >= 11 is 0. The Kier molecular flexibility index (Phi) is 8.70. The highest BCUT2D eigenvalue weighted by Crippen LogP contribution is 2.28. The lowest BCUT2D eigenvalue weighted by Gasteiger charge is -2.19. The molecule has 0 aliphatic rings. The maximum atomic E-state index is 13.0. The molecule has 3 aromatic carbocycles. The van der Waals surface area contributed by atoms with E-state index >= 15 is 0 Å². The number of sulfonamides is 1. The Bertz CT molecular complexity index is 1560. The van der Waals surface area contributed by atoms with Crippen LogP contribution in [0.5, 0.6) is 0 Å². The summed E-state index contributed by atoms with van der Waals surface area (Å²) in [4.78, 5) is 28.1. The maximum absolute atomic E-state index is 13.0. The number of aryl methyl sites for hydroxylation is 1. The Morgan fingerprint density at radius 2 is 1.64 bits per heavy atom. The van der Waals surface area contributed by atoms with Gasteiger partial charge < -0.3 is 15.7 Å². The van der Waals surface area contributed by atoms with Crippen molar-refractivity contribution in [3.8, 4) is 11.1 Å². The number of nitrogens with one attached hydrogen (secondary N) is 3. The standard InChI is InChI=1S/C29H28N4O5S/c1-20-10-12-26(13-11-20)39(37,38)33-27(17-28(34)35)24-8-2-6-22(15-24)23-7-3-9-25(16-23)32-29(36)31-19-21-5-4-14-30-18-21/h2-16,18,27,33H,17,19H2,1H3,(H,34,35)(H2,31,32,36). The highest BCUT2D eigenvalue weighted by molar-refractivity contribution is 7.89. The lowest BCUT2D eigenvalue weighted by molar-refractivity contribution is -0.137. The molecule has 1 heterocycles. The van der Waals surface area contributed by atoms with Crippen LogP contribution in [-0.2, 0) is 21.4 Å². The van der Waals surface area contributed by atoms with E-state index in [0.29, 0.717) is 17.8 Å². The van der Waals surface area contributed by atoms with Crippen LogP contribution in [-0.4, -0.2) is 30.5 Å². The summed E-state index contributed by atoms with van der Waals surface area (Å²) in [7, 11) is -3.97. The molecule has 4 aromatic rings. The van der Waals surface area contributed by atoms with E-state index in [1.54, 1.807) is 67.0 Å². The minimum Gasteiger partial charge on any atom is -0.481 e. The van der Waals surface area contributed by atoms with Crippen molar-refractivity contribution in [2.24, 2.45) is 0 Å². The number of hydrogen-bond acceptors (Lipinski definition) is 5. The zero-order chi connectivity index (χ0) is 27.8. The predicted molar refractivity (Wildman–Crippen MR) is 148 cm³/mol. The first kappa shape index (κ1) is 27.5. The molecule has 1 atom stereocenters. The lowest BCUT2D eigenvalue weighted by Crippen LogP contribution is -2.30. The van der Waals surface area contributed by atoms with Crippen LogP contribution in [0.15, 0.2) is 102 Å². The molecule has 39 heavy (non-hydrogen) atoms. The van der Waals surface area contributed by atoms with Gasteiger partial charge in [0.15, 0.2) is 0 Å². The number of carboxylic acids is 1. The molecule has 0 spiro atoms. The molecule has 4 N–H and O–H groups in total. The first-order valence-electron chi connectivity index (χ1n) is 12.1. The van der Waals surface area contributed by atoms with Crippen LogP contribution in [0, 0.1) is 6.92 Å². The average molecular weight is 545 g/mol. The number of rotatable bonds is 10. The Balaban J connectivity index is 1.52. The largest absolute Gasteiger partial charge is 0.481 e. The second-order valence-electron chi connectivity index (χ2n) is 8.96. The number of amides is 2. The summed E-state index contributed by atoms with van der Waals surface area (Å²) in [5.41, 5.74) is 4.33. The van der Waals surface area contributed by atoms with Crippen LogP contribution >= 0.6 is 0 Å². The van der Waals surface area contributed by atoms with E-state index in [-0.39, 0.29) is 10.9 Å². The number of anilines is 1. The van der Waals surface area contributed by atoms with Crippen molar-refractivity contribution in [3.05, 3.63) is 114 Å². The molecular formula is C29H28N4O5S. The van der Waals surface area contributed by atoms with Gasteiger partial charge in [0, 0.05) is 24.6 Å². The molecule has 0 radical (unpaired) electrons. The van der Waals surface area contributed by atoms with Crippen molar-refractivity contribution >= 4 is 27.7 Å². The summed E-state index contributed by atoms with van der Waals surface area (Å²) in [5.74, 6) is -1.14. The molecule has 2 amide bonds. The molecule has 1 aromatic heterocycles. The van der Waals surface area contributed by atoms with Gasteiger partial charge in [-0.2, -0.15) is 0 Å². The number of hydrogen-bond donors (Lipinski definition) is 4. The average Bonchev–Trinajstić information content (AvgIpc) is 2.92. The first-order chi connectivity index (χ1) is 18.7. The number of nitrogens with zero attached hydrogens (tertiary/aromatic N) is 1. The van der Waals surface area contributed by atoms with Crippen molar-refractivity contribution < 1.29 is 23.1 Å². The van der Waals surface area contributed by atoms with Gasteiger partial charge in [-0.3, -0.25) is 9.78 Å². The topological polar surface area (TPSA) is 137 Å². The lowest BCUT2D eigenvalue weighted by atomic mass is 9.98.